The molecule has 1 heterocycles. The number of amides is 2. The first-order valence-electron chi connectivity index (χ1n) is 13.6. The Balaban J connectivity index is 1.45. The Morgan fingerprint density at radius 3 is 2.35 bits per heavy atom. The zero-order valence-corrected chi connectivity index (χ0v) is 21.4. The molecule has 0 aromatic heterocycles. The summed E-state index contributed by atoms with van der Waals surface area (Å²) in [7, 11) is 1.79. The summed E-state index contributed by atoms with van der Waals surface area (Å²) in [5.41, 5.74) is 2.95. The number of benzene rings is 1. The molecule has 2 N–H and O–H groups in total. The number of carbonyl (C=O) groups excluding carboxylic acids is 2. The lowest BCUT2D eigenvalue weighted by molar-refractivity contribution is -0.139. The monoisotopic (exact) mass is 468 g/mol. The molecule has 6 heteroatoms. The molecule has 6 nitrogen and oxygen atoms in total. The van der Waals surface area contributed by atoms with E-state index < -0.39 is 6.04 Å². The zero-order chi connectivity index (χ0) is 24.1. The van der Waals surface area contributed by atoms with E-state index in [1.807, 2.05) is 6.92 Å². The normalized spacial score (nSPS) is 23.2. The fourth-order valence-corrected chi connectivity index (χ4v) is 6.35. The lowest BCUT2D eigenvalue weighted by Gasteiger charge is -2.38. The highest BCUT2D eigenvalue weighted by atomic mass is 16.2. The van der Waals surface area contributed by atoms with Crippen molar-refractivity contribution in [2.75, 3.05) is 26.7 Å². The minimum Gasteiger partial charge on any atom is -0.343 e. The van der Waals surface area contributed by atoms with Crippen molar-refractivity contribution >= 4 is 11.8 Å². The van der Waals surface area contributed by atoms with Crippen LogP contribution in [0.4, 0.5) is 0 Å². The second kappa shape index (κ2) is 11.7. The molecule has 188 valence electrons. The van der Waals surface area contributed by atoms with Crippen molar-refractivity contribution in [2.45, 2.75) is 95.8 Å². The molecule has 4 rings (SSSR count). The van der Waals surface area contributed by atoms with Crippen LogP contribution in [0.2, 0.25) is 0 Å². The number of nitrogens with one attached hydrogen (secondary N) is 2. The van der Waals surface area contributed by atoms with Crippen LogP contribution in [0.15, 0.2) is 24.3 Å². The van der Waals surface area contributed by atoms with Gasteiger partial charge in [0.15, 0.2) is 0 Å². The minimum absolute atomic E-state index is 0.0684. The summed E-state index contributed by atoms with van der Waals surface area (Å²) in [6.45, 7) is 6.84. The van der Waals surface area contributed by atoms with E-state index in [9.17, 15) is 9.59 Å². The molecular weight excluding hydrogens is 424 g/mol. The van der Waals surface area contributed by atoms with Crippen molar-refractivity contribution in [1.29, 1.82) is 0 Å². The zero-order valence-electron chi connectivity index (χ0n) is 21.4. The van der Waals surface area contributed by atoms with Crippen LogP contribution in [-0.4, -0.2) is 72.5 Å². The quantitative estimate of drug-likeness (QED) is 0.584. The second-order valence-electron chi connectivity index (χ2n) is 10.6. The van der Waals surface area contributed by atoms with E-state index >= 15 is 0 Å². The van der Waals surface area contributed by atoms with Gasteiger partial charge < -0.3 is 15.5 Å². The first-order valence-corrected chi connectivity index (χ1v) is 13.6. The van der Waals surface area contributed by atoms with Gasteiger partial charge in [0.05, 0.1) is 6.04 Å². The van der Waals surface area contributed by atoms with Gasteiger partial charge in [0, 0.05) is 25.2 Å². The number of carbonyl (C=O) groups is 2. The van der Waals surface area contributed by atoms with E-state index in [4.69, 9.17) is 0 Å². The summed E-state index contributed by atoms with van der Waals surface area (Å²) in [5, 5.41) is 6.18. The van der Waals surface area contributed by atoms with Crippen LogP contribution in [0.3, 0.4) is 0 Å². The van der Waals surface area contributed by atoms with Gasteiger partial charge in [-0.15, -0.1) is 0 Å². The third-order valence-electron chi connectivity index (χ3n) is 8.57. The number of hydrogen-bond acceptors (Lipinski definition) is 4. The highest BCUT2D eigenvalue weighted by Gasteiger charge is 2.39. The average molecular weight is 469 g/mol. The summed E-state index contributed by atoms with van der Waals surface area (Å²) in [6, 6.07) is 8.87. The number of likely N-dealkylation sites (tertiary alicyclic amines) is 1. The molecular formula is C28H44N4O2. The average Bonchev–Trinajstić information content (AvgIpc) is 3.52. The highest BCUT2D eigenvalue weighted by Crippen LogP contribution is 2.31. The predicted octanol–water partition coefficient (Wildman–Crippen LogP) is 3.14. The van der Waals surface area contributed by atoms with Crippen molar-refractivity contribution in [3.8, 4) is 0 Å². The van der Waals surface area contributed by atoms with E-state index in [1.165, 1.54) is 17.5 Å². The Kier molecular flexibility index (Phi) is 8.65. The molecule has 2 unspecified atom stereocenters. The van der Waals surface area contributed by atoms with E-state index in [-0.39, 0.29) is 29.8 Å². The predicted molar refractivity (Wildman–Crippen MR) is 137 cm³/mol. The number of fused-ring (bicyclic) bond motifs is 1. The first kappa shape index (κ1) is 25.2. The molecule has 1 aliphatic heterocycles. The van der Waals surface area contributed by atoms with Gasteiger partial charge in [0.1, 0.15) is 6.04 Å². The van der Waals surface area contributed by atoms with Crippen LogP contribution in [0, 0.1) is 5.92 Å². The van der Waals surface area contributed by atoms with Gasteiger partial charge in [-0.05, 0) is 76.1 Å². The minimum atomic E-state index is -0.394. The summed E-state index contributed by atoms with van der Waals surface area (Å²) in [6.07, 6.45) is 9.93. The van der Waals surface area contributed by atoms with Gasteiger partial charge in [0.25, 0.3) is 0 Å². The molecule has 34 heavy (non-hydrogen) atoms. The van der Waals surface area contributed by atoms with Crippen LogP contribution in [0.1, 0.15) is 69.9 Å². The summed E-state index contributed by atoms with van der Waals surface area (Å²) < 4.78 is 0. The topological polar surface area (TPSA) is 64.7 Å². The molecule has 1 aromatic rings. The number of hydrogen-bond donors (Lipinski definition) is 2. The van der Waals surface area contributed by atoms with Gasteiger partial charge in [-0.25, -0.2) is 0 Å². The molecule has 1 saturated heterocycles. The molecule has 2 amide bonds. The highest BCUT2D eigenvalue weighted by molar-refractivity contribution is 5.90. The Hall–Kier alpha value is -1.92. The van der Waals surface area contributed by atoms with Crippen LogP contribution in [0.5, 0.6) is 0 Å². The maximum Gasteiger partial charge on any atom is 0.245 e. The van der Waals surface area contributed by atoms with E-state index in [1.54, 1.807) is 7.05 Å². The lowest BCUT2D eigenvalue weighted by atomic mass is 9.83. The lowest BCUT2D eigenvalue weighted by Crippen LogP contribution is -2.57. The number of nitrogens with zero attached hydrogens (tertiary/aromatic N) is 2. The van der Waals surface area contributed by atoms with Crippen LogP contribution in [0.25, 0.3) is 0 Å². The van der Waals surface area contributed by atoms with E-state index in [0.29, 0.717) is 6.04 Å². The third kappa shape index (κ3) is 5.65. The van der Waals surface area contributed by atoms with Crippen molar-refractivity contribution in [1.82, 2.24) is 20.4 Å². The Bertz CT molecular complexity index is 812. The van der Waals surface area contributed by atoms with Crippen LogP contribution in [-0.2, 0) is 22.4 Å². The van der Waals surface area contributed by atoms with Gasteiger partial charge >= 0.3 is 0 Å². The van der Waals surface area contributed by atoms with Gasteiger partial charge in [-0.3, -0.25) is 14.5 Å². The van der Waals surface area contributed by atoms with Gasteiger partial charge in [-0.1, -0.05) is 50.5 Å². The van der Waals surface area contributed by atoms with E-state index in [0.717, 1.165) is 71.0 Å². The van der Waals surface area contributed by atoms with Crippen molar-refractivity contribution in [3.63, 3.8) is 0 Å². The maximum atomic E-state index is 13.9. The van der Waals surface area contributed by atoms with Crippen molar-refractivity contribution in [2.24, 2.45) is 5.92 Å². The summed E-state index contributed by atoms with van der Waals surface area (Å²) >= 11 is 0. The number of rotatable bonds is 9. The molecule has 1 aromatic carbocycles. The molecule has 0 bridgehead atoms. The smallest absolute Gasteiger partial charge is 0.245 e. The van der Waals surface area contributed by atoms with Crippen molar-refractivity contribution < 1.29 is 9.59 Å². The molecule has 0 radical (unpaired) electrons. The second-order valence-corrected chi connectivity index (χ2v) is 10.6. The molecule has 1 saturated carbocycles. The van der Waals surface area contributed by atoms with E-state index in [2.05, 4.69) is 51.6 Å². The Morgan fingerprint density at radius 2 is 1.74 bits per heavy atom. The molecule has 3 atom stereocenters. The standard InChI is InChI=1S/C28H44N4O2/c1-4-31(25-17-22-13-8-9-14-23(22)18-25)19-24-15-10-16-32(24)28(34)26(21-11-6-5-7-12-21)30-27(33)20(2)29-3/h8-9,13-14,20-21,24-26,29H,4-7,10-12,15-19H2,1-3H3,(H,30,33)/t20?,24-,26?/m0/s1. The third-order valence-corrected chi connectivity index (χ3v) is 8.57. The SMILES string of the molecule is CCN(C[C@@H]1CCCN1C(=O)C(NC(=O)C(C)NC)C1CCCCC1)C1Cc2ccccc2C1. The van der Waals surface area contributed by atoms with Gasteiger partial charge in [-0.2, -0.15) is 0 Å². The largest absolute Gasteiger partial charge is 0.343 e. The van der Waals surface area contributed by atoms with Crippen molar-refractivity contribution in [3.05, 3.63) is 35.4 Å². The Labute approximate surface area is 205 Å². The summed E-state index contributed by atoms with van der Waals surface area (Å²) in [4.78, 5) is 31.4. The fourth-order valence-electron chi connectivity index (χ4n) is 6.35. The van der Waals surface area contributed by atoms with Crippen LogP contribution >= 0.6 is 0 Å². The maximum absolute atomic E-state index is 13.9. The molecule has 2 aliphatic carbocycles. The van der Waals surface area contributed by atoms with Crippen LogP contribution < -0.4 is 10.6 Å². The number of likely N-dealkylation sites (N-methyl/N-ethyl adjacent to an activating group) is 2. The van der Waals surface area contributed by atoms with Gasteiger partial charge in [0.2, 0.25) is 11.8 Å². The fraction of sp³-hybridized carbons (Fsp3) is 0.714. The molecule has 2 fully saturated rings. The molecule has 3 aliphatic rings. The molecule has 0 spiro atoms. The first-order chi connectivity index (χ1) is 16.5. The Morgan fingerprint density at radius 1 is 1.06 bits per heavy atom. The summed E-state index contributed by atoms with van der Waals surface area (Å²) in [5.74, 6) is 0.333.